The molecule has 1 aromatic heterocycles. The Balaban J connectivity index is 0.000000555. The van der Waals surface area contributed by atoms with Crippen LogP contribution in [-0.2, 0) is 10.4 Å². The van der Waals surface area contributed by atoms with Crippen molar-refractivity contribution in [3.8, 4) is 0 Å². The van der Waals surface area contributed by atoms with Crippen LogP contribution in [0.1, 0.15) is 19.5 Å². The summed E-state index contributed by atoms with van der Waals surface area (Å²) in [7, 11) is -4.67. The van der Waals surface area contributed by atoms with E-state index in [1.54, 1.807) is 0 Å². The zero-order valence-electron chi connectivity index (χ0n) is 11.0. The number of hydrogen-bond donors (Lipinski definition) is 5. The highest BCUT2D eigenvalue weighted by Gasteiger charge is 2.06. The van der Waals surface area contributed by atoms with Crippen LogP contribution in [0.25, 0.3) is 0 Å². The Morgan fingerprint density at radius 2 is 1.63 bits per heavy atom. The van der Waals surface area contributed by atoms with Crippen molar-refractivity contribution in [3.63, 3.8) is 0 Å². The summed E-state index contributed by atoms with van der Waals surface area (Å²) in [5, 5.41) is 6.16. The van der Waals surface area contributed by atoms with Crippen LogP contribution in [0.3, 0.4) is 0 Å². The summed E-state index contributed by atoms with van der Waals surface area (Å²) in [5.41, 5.74) is 7.24. The Morgan fingerprint density at radius 3 is 2.05 bits per heavy atom. The summed E-state index contributed by atoms with van der Waals surface area (Å²) in [6.07, 6.45) is 0. The molecule has 10 heteroatoms. The number of nitrogens with zero attached hydrogens (tertiary/aromatic N) is 2. The average Bonchev–Trinajstić information content (AvgIpc) is 2.23. The van der Waals surface area contributed by atoms with E-state index in [1.165, 1.54) is 0 Å². The van der Waals surface area contributed by atoms with Gasteiger partial charge in [0.1, 0.15) is 0 Å². The third-order valence-corrected chi connectivity index (χ3v) is 1.82. The molecule has 0 aromatic carbocycles. The fourth-order valence-electron chi connectivity index (χ4n) is 1.12. The molecule has 0 aliphatic rings. The molecular weight excluding hydrogens is 274 g/mol. The molecule has 0 atom stereocenters. The van der Waals surface area contributed by atoms with Gasteiger partial charge >= 0.3 is 10.4 Å². The first-order valence-corrected chi connectivity index (χ1v) is 6.90. The average molecular weight is 293 g/mol. The molecular formula is C9H19N5O4S. The molecule has 9 nitrogen and oxygen atoms in total. The van der Waals surface area contributed by atoms with Crippen LogP contribution in [0.4, 0.5) is 17.5 Å². The van der Waals surface area contributed by atoms with Gasteiger partial charge in [0, 0.05) is 13.1 Å². The maximum Gasteiger partial charge on any atom is 0.394 e. The molecule has 0 aliphatic carbocycles. The van der Waals surface area contributed by atoms with Crippen LogP contribution in [-0.4, -0.2) is 40.6 Å². The van der Waals surface area contributed by atoms with E-state index in [0.29, 0.717) is 17.5 Å². The molecule has 0 fully saturated rings. The lowest BCUT2D eigenvalue weighted by molar-refractivity contribution is 0.381. The van der Waals surface area contributed by atoms with Gasteiger partial charge in [-0.05, 0) is 20.8 Å². The lowest BCUT2D eigenvalue weighted by Crippen LogP contribution is -2.10. The minimum Gasteiger partial charge on any atom is -0.394 e. The van der Waals surface area contributed by atoms with E-state index in [4.69, 9.17) is 23.3 Å². The second-order valence-corrected chi connectivity index (χ2v) is 4.30. The quantitative estimate of drug-likeness (QED) is 0.502. The number of nitrogens with two attached hydrogens (primary N) is 1. The summed E-state index contributed by atoms with van der Waals surface area (Å²) in [6.45, 7) is 7.48. The molecule has 0 amide bonds. The van der Waals surface area contributed by atoms with E-state index in [2.05, 4.69) is 20.6 Å². The SMILES string of the molecule is CCNc1nc(C)c(N)c(NCC)n1.O=S(=O)(O)O. The van der Waals surface area contributed by atoms with Gasteiger partial charge in [-0.15, -0.1) is 0 Å². The Hall–Kier alpha value is -1.65. The van der Waals surface area contributed by atoms with Gasteiger partial charge in [-0.3, -0.25) is 9.11 Å². The Kier molecular flexibility index (Phi) is 7.04. The monoisotopic (exact) mass is 293 g/mol. The van der Waals surface area contributed by atoms with Crippen LogP contribution in [0.2, 0.25) is 0 Å². The molecule has 0 aliphatic heterocycles. The van der Waals surface area contributed by atoms with Crippen molar-refractivity contribution in [1.82, 2.24) is 9.97 Å². The molecule has 1 rings (SSSR count). The summed E-state index contributed by atoms with van der Waals surface area (Å²) in [6, 6.07) is 0. The molecule has 0 radical (unpaired) electrons. The lowest BCUT2D eigenvalue weighted by Gasteiger charge is -2.10. The van der Waals surface area contributed by atoms with Crippen molar-refractivity contribution >= 4 is 27.9 Å². The molecule has 0 saturated heterocycles. The normalized spacial score (nSPS) is 10.4. The standard InChI is InChI=1S/C9H17N5.H2O4S/c1-4-11-8-7(10)6(3)13-9(14-8)12-5-2;1-5(2,3)4/h4-5,10H2,1-3H3,(H2,11,12,13,14);(H2,1,2,3,4). The molecule has 0 saturated carbocycles. The van der Waals surface area contributed by atoms with Gasteiger partial charge < -0.3 is 16.4 Å². The Morgan fingerprint density at radius 1 is 1.16 bits per heavy atom. The number of anilines is 3. The number of nitrogen functional groups attached to an aromatic ring is 1. The van der Waals surface area contributed by atoms with E-state index in [9.17, 15) is 0 Å². The number of hydrogen-bond acceptors (Lipinski definition) is 7. The third-order valence-electron chi connectivity index (χ3n) is 1.82. The van der Waals surface area contributed by atoms with Crippen molar-refractivity contribution in [1.29, 1.82) is 0 Å². The fraction of sp³-hybridized carbons (Fsp3) is 0.556. The van der Waals surface area contributed by atoms with Gasteiger partial charge in [-0.2, -0.15) is 13.4 Å². The zero-order valence-corrected chi connectivity index (χ0v) is 11.8. The summed E-state index contributed by atoms with van der Waals surface area (Å²) >= 11 is 0. The largest absolute Gasteiger partial charge is 0.394 e. The highest BCUT2D eigenvalue weighted by Crippen LogP contribution is 2.19. The van der Waals surface area contributed by atoms with Crippen molar-refractivity contribution < 1.29 is 17.5 Å². The summed E-state index contributed by atoms with van der Waals surface area (Å²) in [4.78, 5) is 8.47. The first-order chi connectivity index (χ1) is 8.69. The number of aromatic nitrogens is 2. The first-order valence-electron chi connectivity index (χ1n) is 5.50. The van der Waals surface area contributed by atoms with Gasteiger partial charge in [0.05, 0.1) is 11.4 Å². The minimum atomic E-state index is -4.67. The smallest absolute Gasteiger partial charge is 0.394 e. The molecule has 0 bridgehead atoms. The van der Waals surface area contributed by atoms with Crippen LogP contribution >= 0.6 is 0 Å². The fourth-order valence-corrected chi connectivity index (χ4v) is 1.12. The summed E-state index contributed by atoms with van der Waals surface area (Å²) in [5.74, 6) is 1.33. The molecule has 110 valence electrons. The van der Waals surface area contributed by atoms with Gasteiger partial charge in [0.15, 0.2) is 5.82 Å². The van der Waals surface area contributed by atoms with Gasteiger partial charge in [0.25, 0.3) is 0 Å². The maximum atomic E-state index is 8.74. The Bertz CT molecular complexity index is 498. The molecule has 1 aromatic rings. The van der Waals surface area contributed by atoms with E-state index in [0.717, 1.165) is 18.8 Å². The van der Waals surface area contributed by atoms with Crippen molar-refractivity contribution in [2.45, 2.75) is 20.8 Å². The highest BCUT2D eigenvalue weighted by molar-refractivity contribution is 7.79. The lowest BCUT2D eigenvalue weighted by atomic mass is 10.3. The second-order valence-electron chi connectivity index (χ2n) is 3.40. The predicted octanol–water partition coefficient (Wildman–Crippen LogP) is 0.578. The van der Waals surface area contributed by atoms with Crippen LogP contribution < -0.4 is 16.4 Å². The highest BCUT2D eigenvalue weighted by atomic mass is 32.3. The molecule has 6 N–H and O–H groups in total. The molecule has 0 unspecified atom stereocenters. The number of aryl methyl sites for hydroxylation is 1. The van der Waals surface area contributed by atoms with Gasteiger partial charge in [0.2, 0.25) is 5.95 Å². The maximum absolute atomic E-state index is 8.74. The van der Waals surface area contributed by atoms with Crippen LogP contribution in [0, 0.1) is 6.92 Å². The molecule has 1 heterocycles. The van der Waals surface area contributed by atoms with E-state index in [-0.39, 0.29) is 0 Å². The third kappa shape index (κ3) is 8.13. The van der Waals surface area contributed by atoms with Crippen molar-refractivity contribution in [2.75, 3.05) is 29.5 Å². The number of rotatable bonds is 4. The van der Waals surface area contributed by atoms with Crippen LogP contribution in [0.5, 0.6) is 0 Å². The van der Waals surface area contributed by atoms with Crippen molar-refractivity contribution in [2.24, 2.45) is 0 Å². The van der Waals surface area contributed by atoms with Crippen LogP contribution in [0.15, 0.2) is 0 Å². The second kappa shape index (κ2) is 7.71. The van der Waals surface area contributed by atoms with Crippen molar-refractivity contribution in [3.05, 3.63) is 5.69 Å². The topological polar surface area (TPSA) is 150 Å². The number of nitrogens with one attached hydrogen (secondary N) is 2. The van der Waals surface area contributed by atoms with Gasteiger partial charge in [-0.1, -0.05) is 0 Å². The van der Waals surface area contributed by atoms with Gasteiger partial charge in [-0.25, -0.2) is 4.98 Å². The van der Waals surface area contributed by atoms with E-state index < -0.39 is 10.4 Å². The molecule has 19 heavy (non-hydrogen) atoms. The first kappa shape index (κ1) is 17.4. The minimum absolute atomic E-state index is 0.619. The summed E-state index contributed by atoms with van der Waals surface area (Å²) < 4.78 is 31.6. The van der Waals surface area contributed by atoms with E-state index in [1.807, 2.05) is 20.8 Å². The molecule has 0 spiro atoms. The van der Waals surface area contributed by atoms with E-state index >= 15 is 0 Å². The predicted molar refractivity (Wildman–Crippen MR) is 73.7 cm³/mol. The zero-order chi connectivity index (χ0) is 15.1. The Labute approximate surface area is 112 Å².